The number of hydrogen-bond acceptors (Lipinski definition) is 2. The molecule has 0 aromatic heterocycles. The fraction of sp³-hybridized carbons (Fsp3) is 0.278. The molecule has 0 radical (unpaired) electrons. The number of aryl methyl sites for hydroxylation is 2. The van der Waals surface area contributed by atoms with Crippen LogP contribution in [0.4, 0.5) is 5.69 Å². The summed E-state index contributed by atoms with van der Waals surface area (Å²) in [6.45, 7) is 3.18. The Hall–Kier alpha value is -1.65. The molecule has 2 N–H and O–H groups in total. The van der Waals surface area contributed by atoms with E-state index in [0.717, 1.165) is 35.1 Å². The molecular formula is C18H21BrN2O. The van der Waals surface area contributed by atoms with Gasteiger partial charge >= 0.3 is 0 Å². The first-order valence-electron chi connectivity index (χ1n) is 7.46. The maximum Gasteiger partial charge on any atom is 0.238 e. The lowest BCUT2D eigenvalue weighted by atomic mass is 10.1. The van der Waals surface area contributed by atoms with Crippen molar-refractivity contribution < 1.29 is 4.79 Å². The molecule has 0 aliphatic heterocycles. The Kier molecular flexibility index (Phi) is 6.62. The molecule has 2 aromatic carbocycles. The smallest absolute Gasteiger partial charge is 0.238 e. The number of rotatable bonds is 7. The Morgan fingerprint density at radius 3 is 2.64 bits per heavy atom. The average molecular weight is 361 g/mol. The molecule has 0 fully saturated rings. The van der Waals surface area contributed by atoms with Crippen LogP contribution in [-0.4, -0.2) is 19.0 Å². The van der Waals surface area contributed by atoms with Gasteiger partial charge in [-0.25, -0.2) is 0 Å². The van der Waals surface area contributed by atoms with Crippen LogP contribution in [0.25, 0.3) is 0 Å². The first kappa shape index (κ1) is 16.7. The fourth-order valence-corrected chi connectivity index (χ4v) is 2.77. The van der Waals surface area contributed by atoms with E-state index in [1.807, 2.05) is 31.2 Å². The molecule has 4 heteroatoms. The summed E-state index contributed by atoms with van der Waals surface area (Å²) in [5.74, 6) is -0.0238. The predicted octanol–water partition coefficient (Wildman–Crippen LogP) is 3.92. The molecule has 0 bridgehead atoms. The summed E-state index contributed by atoms with van der Waals surface area (Å²) in [6.07, 6.45) is 2.05. The molecule has 2 aromatic rings. The number of amides is 1. The summed E-state index contributed by atoms with van der Waals surface area (Å²) >= 11 is 3.46. The van der Waals surface area contributed by atoms with E-state index in [1.165, 1.54) is 5.56 Å². The summed E-state index contributed by atoms with van der Waals surface area (Å²) in [4.78, 5) is 11.9. The molecule has 0 spiro atoms. The van der Waals surface area contributed by atoms with Crippen LogP contribution >= 0.6 is 15.9 Å². The van der Waals surface area contributed by atoms with Crippen molar-refractivity contribution in [2.45, 2.75) is 19.8 Å². The van der Waals surface area contributed by atoms with Gasteiger partial charge in [-0.05, 0) is 65.5 Å². The van der Waals surface area contributed by atoms with Crippen molar-refractivity contribution in [1.82, 2.24) is 5.32 Å². The van der Waals surface area contributed by atoms with Gasteiger partial charge in [-0.15, -0.1) is 0 Å². The van der Waals surface area contributed by atoms with Crippen LogP contribution in [0.3, 0.4) is 0 Å². The van der Waals surface area contributed by atoms with E-state index in [2.05, 4.69) is 50.8 Å². The molecule has 0 aliphatic carbocycles. The van der Waals surface area contributed by atoms with E-state index in [9.17, 15) is 4.79 Å². The fourth-order valence-electron chi connectivity index (χ4n) is 2.18. The minimum absolute atomic E-state index is 0.0238. The lowest BCUT2D eigenvalue weighted by Gasteiger charge is -2.09. The van der Waals surface area contributed by atoms with E-state index < -0.39 is 0 Å². The van der Waals surface area contributed by atoms with E-state index in [0.29, 0.717) is 6.54 Å². The number of anilines is 1. The summed E-state index contributed by atoms with van der Waals surface area (Å²) in [6, 6.07) is 16.3. The van der Waals surface area contributed by atoms with Crippen molar-refractivity contribution in [3.63, 3.8) is 0 Å². The second-order valence-electron chi connectivity index (χ2n) is 5.30. The van der Waals surface area contributed by atoms with Crippen molar-refractivity contribution in [2.24, 2.45) is 0 Å². The second-order valence-corrected chi connectivity index (χ2v) is 6.15. The zero-order chi connectivity index (χ0) is 15.8. The van der Waals surface area contributed by atoms with E-state index in [4.69, 9.17) is 0 Å². The summed E-state index contributed by atoms with van der Waals surface area (Å²) in [5, 5.41) is 6.08. The Balaban J connectivity index is 1.65. The molecule has 0 unspecified atom stereocenters. The third kappa shape index (κ3) is 5.62. The van der Waals surface area contributed by atoms with Crippen LogP contribution in [0.2, 0.25) is 0 Å². The maximum absolute atomic E-state index is 11.9. The molecule has 3 nitrogen and oxygen atoms in total. The lowest BCUT2D eigenvalue weighted by molar-refractivity contribution is -0.115. The van der Waals surface area contributed by atoms with Gasteiger partial charge in [0, 0.05) is 4.47 Å². The average Bonchev–Trinajstić information content (AvgIpc) is 2.51. The van der Waals surface area contributed by atoms with Crippen LogP contribution in [0, 0.1) is 6.92 Å². The van der Waals surface area contributed by atoms with Crippen molar-refractivity contribution in [1.29, 1.82) is 0 Å². The summed E-state index contributed by atoms with van der Waals surface area (Å²) in [7, 11) is 0. The number of carbonyl (C=O) groups is 1. The number of nitrogens with one attached hydrogen (secondary N) is 2. The van der Waals surface area contributed by atoms with Crippen LogP contribution in [0.5, 0.6) is 0 Å². The van der Waals surface area contributed by atoms with Crippen LogP contribution in [-0.2, 0) is 11.2 Å². The first-order valence-corrected chi connectivity index (χ1v) is 8.25. The molecule has 116 valence electrons. The van der Waals surface area contributed by atoms with Crippen molar-refractivity contribution in [3.05, 3.63) is 64.1 Å². The van der Waals surface area contributed by atoms with Crippen LogP contribution in [0.15, 0.2) is 53.0 Å². The van der Waals surface area contributed by atoms with Gasteiger partial charge in [0.2, 0.25) is 5.91 Å². The van der Waals surface area contributed by atoms with Gasteiger partial charge in [-0.2, -0.15) is 0 Å². The standard InChI is InChI=1S/C18H21BrN2O/c1-14-9-10-17(16(19)12-14)21-18(22)13-20-11-5-8-15-6-3-2-4-7-15/h2-4,6-7,9-10,12,20H,5,8,11,13H2,1H3,(H,21,22). The Morgan fingerprint density at radius 2 is 1.91 bits per heavy atom. The van der Waals surface area contributed by atoms with Crippen molar-refractivity contribution in [3.8, 4) is 0 Å². The monoisotopic (exact) mass is 360 g/mol. The highest BCUT2D eigenvalue weighted by atomic mass is 79.9. The molecule has 0 atom stereocenters. The number of benzene rings is 2. The van der Waals surface area contributed by atoms with E-state index >= 15 is 0 Å². The number of halogens is 1. The van der Waals surface area contributed by atoms with E-state index in [-0.39, 0.29) is 5.91 Å². The van der Waals surface area contributed by atoms with E-state index in [1.54, 1.807) is 0 Å². The molecule has 2 rings (SSSR count). The summed E-state index contributed by atoms with van der Waals surface area (Å²) < 4.78 is 0.907. The first-order chi connectivity index (χ1) is 10.6. The van der Waals surface area contributed by atoms with Crippen molar-refractivity contribution >= 4 is 27.5 Å². The molecule has 1 amide bonds. The van der Waals surface area contributed by atoms with Gasteiger partial charge in [0.25, 0.3) is 0 Å². The topological polar surface area (TPSA) is 41.1 Å². The predicted molar refractivity (Wildman–Crippen MR) is 95.1 cm³/mol. The zero-order valence-corrected chi connectivity index (χ0v) is 14.3. The minimum atomic E-state index is -0.0238. The largest absolute Gasteiger partial charge is 0.324 e. The Bertz CT molecular complexity index is 614. The molecule has 0 saturated heterocycles. The lowest BCUT2D eigenvalue weighted by Crippen LogP contribution is -2.29. The third-order valence-corrected chi connectivity index (χ3v) is 4.00. The number of carbonyl (C=O) groups excluding carboxylic acids is 1. The van der Waals surface area contributed by atoms with Gasteiger partial charge in [0.05, 0.1) is 12.2 Å². The maximum atomic E-state index is 11.9. The molecule has 0 saturated carbocycles. The van der Waals surface area contributed by atoms with Crippen LogP contribution in [0.1, 0.15) is 17.5 Å². The van der Waals surface area contributed by atoms with Gasteiger partial charge in [-0.1, -0.05) is 36.4 Å². The highest BCUT2D eigenvalue weighted by molar-refractivity contribution is 9.10. The summed E-state index contributed by atoms with van der Waals surface area (Å²) in [5.41, 5.74) is 3.29. The van der Waals surface area contributed by atoms with Gasteiger partial charge < -0.3 is 10.6 Å². The highest BCUT2D eigenvalue weighted by Gasteiger charge is 2.05. The number of hydrogen-bond donors (Lipinski definition) is 2. The minimum Gasteiger partial charge on any atom is -0.324 e. The molecule has 22 heavy (non-hydrogen) atoms. The molecule has 0 heterocycles. The molecular weight excluding hydrogens is 340 g/mol. The van der Waals surface area contributed by atoms with Crippen molar-refractivity contribution in [2.75, 3.05) is 18.4 Å². The van der Waals surface area contributed by atoms with Gasteiger partial charge in [0.1, 0.15) is 0 Å². The van der Waals surface area contributed by atoms with Gasteiger partial charge in [0.15, 0.2) is 0 Å². The second kappa shape index (κ2) is 8.71. The highest BCUT2D eigenvalue weighted by Crippen LogP contribution is 2.23. The Morgan fingerprint density at radius 1 is 1.14 bits per heavy atom. The SMILES string of the molecule is Cc1ccc(NC(=O)CNCCCc2ccccc2)c(Br)c1. The quantitative estimate of drug-likeness (QED) is 0.734. The van der Waals surface area contributed by atoms with Crippen LogP contribution < -0.4 is 10.6 Å². The molecule has 0 aliphatic rings. The third-order valence-electron chi connectivity index (χ3n) is 3.35. The zero-order valence-electron chi connectivity index (χ0n) is 12.7. The Labute approximate surface area is 140 Å². The van der Waals surface area contributed by atoms with Gasteiger partial charge in [-0.3, -0.25) is 4.79 Å². The normalized spacial score (nSPS) is 10.5.